The molecular formula is C21H29N5OS. The fraction of sp³-hybridized carbons (Fsp3) is 0.571. The van der Waals surface area contributed by atoms with Gasteiger partial charge >= 0.3 is 0 Å². The van der Waals surface area contributed by atoms with Gasteiger partial charge in [-0.3, -0.25) is 9.78 Å². The summed E-state index contributed by atoms with van der Waals surface area (Å²) in [5, 5.41) is 5.66. The molecule has 1 N–H and O–H groups in total. The lowest BCUT2D eigenvalue weighted by Crippen LogP contribution is -2.44. The highest BCUT2D eigenvalue weighted by Gasteiger charge is 2.26. The van der Waals surface area contributed by atoms with Gasteiger partial charge in [0.05, 0.1) is 12.1 Å². The summed E-state index contributed by atoms with van der Waals surface area (Å²) in [4.78, 5) is 26.0. The highest BCUT2D eigenvalue weighted by Crippen LogP contribution is 2.22. The molecule has 0 radical (unpaired) electrons. The van der Waals surface area contributed by atoms with Crippen molar-refractivity contribution in [3.63, 3.8) is 0 Å². The van der Waals surface area contributed by atoms with Crippen LogP contribution in [-0.2, 0) is 17.6 Å². The SMILES string of the molecule is O=C(Cc1cccnc1)Nc1nc(CCN2CCC(N3CCCC3)CC2)cs1. The topological polar surface area (TPSA) is 61.4 Å². The molecule has 0 unspecified atom stereocenters. The third-order valence-corrected chi connectivity index (χ3v) is 6.59. The number of thiazole rings is 1. The van der Waals surface area contributed by atoms with E-state index in [9.17, 15) is 4.79 Å². The first-order chi connectivity index (χ1) is 13.8. The summed E-state index contributed by atoms with van der Waals surface area (Å²) in [5.41, 5.74) is 1.98. The molecule has 0 atom stereocenters. The maximum absolute atomic E-state index is 12.2. The summed E-state index contributed by atoms with van der Waals surface area (Å²) in [6.07, 6.45) is 10.1. The number of nitrogens with zero attached hydrogens (tertiary/aromatic N) is 4. The molecule has 150 valence electrons. The first-order valence-electron chi connectivity index (χ1n) is 10.4. The van der Waals surface area contributed by atoms with E-state index in [4.69, 9.17) is 0 Å². The molecule has 2 aromatic heterocycles. The number of likely N-dealkylation sites (tertiary alicyclic amines) is 2. The fourth-order valence-electron chi connectivity index (χ4n) is 4.22. The summed E-state index contributed by atoms with van der Waals surface area (Å²) < 4.78 is 0. The Labute approximate surface area is 171 Å². The molecule has 0 spiro atoms. The van der Waals surface area contributed by atoms with Crippen LogP contribution in [0.2, 0.25) is 0 Å². The van der Waals surface area contributed by atoms with Crippen LogP contribution >= 0.6 is 11.3 Å². The third-order valence-electron chi connectivity index (χ3n) is 5.78. The number of amides is 1. The van der Waals surface area contributed by atoms with E-state index in [1.807, 2.05) is 12.1 Å². The third kappa shape index (κ3) is 5.37. The maximum Gasteiger partial charge on any atom is 0.230 e. The van der Waals surface area contributed by atoms with Crippen molar-refractivity contribution in [1.82, 2.24) is 19.8 Å². The molecule has 6 nitrogen and oxygen atoms in total. The van der Waals surface area contributed by atoms with Gasteiger partial charge in [0.1, 0.15) is 0 Å². The van der Waals surface area contributed by atoms with Crippen molar-refractivity contribution in [2.45, 2.75) is 44.6 Å². The van der Waals surface area contributed by atoms with E-state index in [0.29, 0.717) is 11.6 Å². The zero-order valence-electron chi connectivity index (χ0n) is 16.3. The number of nitrogens with one attached hydrogen (secondary N) is 1. The minimum Gasteiger partial charge on any atom is -0.303 e. The number of rotatable bonds is 7. The average Bonchev–Trinajstić information content (AvgIpc) is 3.40. The van der Waals surface area contributed by atoms with Crippen molar-refractivity contribution in [3.05, 3.63) is 41.2 Å². The lowest BCUT2D eigenvalue weighted by molar-refractivity contribution is -0.115. The normalized spacial score (nSPS) is 19.1. The monoisotopic (exact) mass is 399 g/mol. The van der Waals surface area contributed by atoms with Gasteiger partial charge in [0.25, 0.3) is 0 Å². The lowest BCUT2D eigenvalue weighted by atomic mass is 10.0. The second kappa shape index (κ2) is 9.58. The molecule has 2 aliphatic heterocycles. The first-order valence-corrected chi connectivity index (χ1v) is 11.2. The van der Waals surface area contributed by atoms with Crippen LogP contribution in [0.1, 0.15) is 36.9 Å². The molecule has 2 fully saturated rings. The fourth-order valence-corrected chi connectivity index (χ4v) is 4.98. The van der Waals surface area contributed by atoms with E-state index in [2.05, 4.69) is 30.5 Å². The lowest BCUT2D eigenvalue weighted by Gasteiger charge is -2.36. The number of pyridine rings is 1. The van der Waals surface area contributed by atoms with Crippen molar-refractivity contribution in [3.8, 4) is 0 Å². The highest BCUT2D eigenvalue weighted by atomic mass is 32.1. The van der Waals surface area contributed by atoms with E-state index < -0.39 is 0 Å². The molecule has 2 saturated heterocycles. The molecule has 7 heteroatoms. The minimum absolute atomic E-state index is 0.0436. The summed E-state index contributed by atoms with van der Waals surface area (Å²) in [5.74, 6) is -0.0436. The highest BCUT2D eigenvalue weighted by molar-refractivity contribution is 7.13. The van der Waals surface area contributed by atoms with Gasteiger partial charge in [0.2, 0.25) is 5.91 Å². The predicted molar refractivity (Wildman–Crippen MR) is 113 cm³/mol. The molecule has 4 rings (SSSR count). The second-order valence-electron chi connectivity index (χ2n) is 7.80. The first kappa shape index (κ1) is 19.5. The zero-order valence-corrected chi connectivity index (χ0v) is 17.2. The summed E-state index contributed by atoms with van der Waals surface area (Å²) >= 11 is 1.51. The quantitative estimate of drug-likeness (QED) is 0.776. The summed E-state index contributed by atoms with van der Waals surface area (Å²) in [6.45, 7) is 6.05. The van der Waals surface area contributed by atoms with Crippen molar-refractivity contribution >= 4 is 22.4 Å². The number of hydrogen-bond donors (Lipinski definition) is 1. The molecule has 1 amide bonds. The Bertz CT molecular complexity index is 751. The molecule has 2 aromatic rings. The van der Waals surface area contributed by atoms with Crippen LogP contribution in [0.25, 0.3) is 0 Å². The van der Waals surface area contributed by atoms with Gasteiger partial charge in [-0.2, -0.15) is 0 Å². The van der Waals surface area contributed by atoms with Crippen molar-refractivity contribution < 1.29 is 4.79 Å². The molecule has 4 heterocycles. The van der Waals surface area contributed by atoms with Crippen LogP contribution in [-0.4, -0.2) is 64.4 Å². The molecule has 28 heavy (non-hydrogen) atoms. The minimum atomic E-state index is -0.0436. The van der Waals surface area contributed by atoms with E-state index in [0.717, 1.165) is 30.3 Å². The van der Waals surface area contributed by atoms with Gasteiger partial charge in [-0.25, -0.2) is 4.98 Å². The largest absolute Gasteiger partial charge is 0.303 e. The number of piperidine rings is 1. The second-order valence-corrected chi connectivity index (χ2v) is 8.65. The Balaban J connectivity index is 1.18. The molecule has 0 saturated carbocycles. The van der Waals surface area contributed by atoms with Crippen LogP contribution in [0.15, 0.2) is 29.9 Å². The Kier molecular flexibility index (Phi) is 6.67. The number of carbonyl (C=O) groups is 1. The van der Waals surface area contributed by atoms with Gasteiger partial charge < -0.3 is 15.1 Å². The summed E-state index contributed by atoms with van der Waals surface area (Å²) in [7, 11) is 0. The van der Waals surface area contributed by atoms with Crippen LogP contribution in [0.4, 0.5) is 5.13 Å². The van der Waals surface area contributed by atoms with Crippen LogP contribution < -0.4 is 5.32 Å². The van der Waals surface area contributed by atoms with Gasteiger partial charge in [-0.05, 0) is 63.5 Å². The van der Waals surface area contributed by atoms with E-state index in [1.165, 1.54) is 63.2 Å². The average molecular weight is 400 g/mol. The smallest absolute Gasteiger partial charge is 0.230 e. The van der Waals surface area contributed by atoms with Crippen molar-refractivity contribution in [2.75, 3.05) is 38.0 Å². The van der Waals surface area contributed by atoms with E-state index in [1.54, 1.807) is 12.4 Å². The van der Waals surface area contributed by atoms with Crippen molar-refractivity contribution in [2.24, 2.45) is 0 Å². The van der Waals surface area contributed by atoms with Crippen LogP contribution in [0.5, 0.6) is 0 Å². The molecule has 2 aliphatic rings. The molecular weight excluding hydrogens is 370 g/mol. The number of aromatic nitrogens is 2. The number of anilines is 1. The Morgan fingerprint density at radius 1 is 1.21 bits per heavy atom. The van der Waals surface area contributed by atoms with Gasteiger partial charge in [0, 0.05) is 36.8 Å². The Hall–Kier alpha value is -1.83. The zero-order chi connectivity index (χ0) is 19.2. The van der Waals surface area contributed by atoms with E-state index >= 15 is 0 Å². The predicted octanol–water partition coefficient (Wildman–Crippen LogP) is 2.82. The van der Waals surface area contributed by atoms with Gasteiger partial charge in [0.15, 0.2) is 5.13 Å². The number of carbonyl (C=O) groups excluding carboxylic acids is 1. The van der Waals surface area contributed by atoms with Crippen molar-refractivity contribution in [1.29, 1.82) is 0 Å². The standard InChI is InChI=1S/C21H29N5OS/c27-20(14-17-4-3-8-22-15-17)24-21-23-18(16-28-21)5-11-25-12-6-19(7-13-25)26-9-1-2-10-26/h3-4,8,15-16,19H,1-2,5-7,9-14H2,(H,23,24,27). The van der Waals surface area contributed by atoms with Gasteiger partial charge in [-0.1, -0.05) is 6.07 Å². The number of hydrogen-bond acceptors (Lipinski definition) is 6. The maximum atomic E-state index is 12.2. The Morgan fingerprint density at radius 2 is 2.04 bits per heavy atom. The van der Waals surface area contributed by atoms with Gasteiger partial charge in [-0.15, -0.1) is 11.3 Å². The molecule has 0 bridgehead atoms. The molecule has 0 aliphatic carbocycles. The van der Waals surface area contributed by atoms with Crippen LogP contribution in [0, 0.1) is 0 Å². The molecule has 0 aromatic carbocycles. The van der Waals surface area contributed by atoms with E-state index in [-0.39, 0.29) is 5.91 Å². The van der Waals surface area contributed by atoms with Crippen LogP contribution in [0.3, 0.4) is 0 Å². The summed E-state index contributed by atoms with van der Waals surface area (Å²) in [6, 6.07) is 4.56. The Morgan fingerprint density at radius 3 is 2.79 bits per heavy atom.